The average Bonchev–Trinajstić information content (AvgIpc) is 3.10. The van der Waals surface area contributed by atoms with Gasteiger partial charge in [0.2, 0.25) is 11.8 Å². The molecule has 2 bridgehead atoms. The van der Waals surface area contributed by atoms with Gasteiger partial charge >= 0.3 is 0 Å². The average molecular weight is 440 g/mol. The highest BCUT2D eigenvalue weighted by molar-refractivity contribution is 6.24. The molecule has 2 amide bonds. The lowest BCUT2D eigenvalue weighted by Gasteiger charge is -2.52. The predicted molar refractivity (Wildman–Crippen MR) is 120 cm³/mol. The molecule has 7 heteroatoms. The quantitative estimate of drug-likeness (QED) is 0.346. The van der Waals surface area contributed by atoms with Crippen LogP contribution in [0.25, 0.3) is 0 Å². The van der Waals surface area contributed by atoms with E-state index in [0.29, 0.717) is 0 Å². The first kappa shape index (κ1) is 19.7. The zero-order valence-electron chi connectivity index (χ0n) is 18.0. The maximum Gasteiger partial charge on any atom is 0.297 e. The summed E-state index contributed by atoms with van der Waals surface area (Å²) >= 11 is 0. The first-order valence-corrected chi connectivity index (χ1v) is 10.8. The maximum absolute atomic E-state index is 13.9. The molecule has 3 aliphatic carbocycles. The van der Waals surface area contributed by atoms with Crippen molar-refractivity contribution >= 4 is 23.2 Å². The third-order valence-electron chi connectivity index (χ3n) is 7.66. The SMILES string of the molecule is COc1ccc(N2C(=O)[C@@H]3C4c5ccccc5C(C)(c5ccccc54)[C@@H]3C2=O)c([N+](=O)[O-])c1. The van der Waals surface area contributed by atoms with Crippen LogP contribution < -0.4 is 9.64 Å². The van der Waals surface area contributed by atoms with Crippen molar-refractivity contribution in [2.75, 3.05) is 12.0 Å². The lowest BCUT2D eigenvalue weighted by Crippen LogP contribution is -2.51. The highest BCUT2D eigenvalue weighted by Gasteiger charge is 2.66. The van der Waals surface area contributed by atoms with Gasteiger partial charge in [0.05, 0.1) is 29.9 Å². The molecule has 1 fully saturated rings. The molecule has 164 valence electrons. The normalized spacial score (nSPS) is 26.6. The van der Waals surface area contributed by atoms with Gasteiger partial charge in [0, 0.05) is 11.3 Å². The molecule has 7 nitrogen and oxygen atoms in total. The number of carbonyl (C=O) groups excluding carboxylic acids is 2. The second kappa shape index (κ2) is 6.51. The van der Waals surface area contributed by atoms with Crippen LogP contribution in [-0.2, 0) is 15.0 Å². The molecular weight excluding hydrogens is 420 g/mol. The highest BCUT2D eigenvalue weighted by atomic mass is 16.6. The first-order chi connectivity index (χ1) is 15.9. The van der Waals surface area contributed by atoms with Gasteiger partial charge < -0.3 is 4.74 Å². The number of nitrogens with zero attached hydrogens (tertiary/aromatic N) is 2. The van der Waals surface area contributed by atoms with Gasteiger partial charge in [-0.1, -0.05) is 55.5 Å². The van der Waals surface area contributed by atoms with E-state index in [1.807, 2.05) is 55.5 Å². The molecule has 3 aromatic rings. The van der Waals surface area contributed by atoms with Gasteiger partial charge in [0.15, 0.2) is 0 Å². The molecule has 1 aliphatic heterocycles. The summed E-state index contributed by atoms with van der Waals surface area (Å²) in [4.78, 5) is 40.1. The summed E-state index contributed by atoms with van der Waals surface area (Å²) in [5.74, 6) is -2.03. The molecular formula is C26H20N2O5. The van der Waals surface area contributed by atoms with Crippen molar-refractivity contribution in [2.24, 2.45) is 11.8 Å². The fourth-order valence-corrected chi connectivity index (χ4v) is 6.35. The van der Waals surface area contributed by atoms with Crippen molar-refractivity contribution in [3.8, 4) is 5.75 Å². The number of nitro groups is 1. The van der Waals surface area contributed by atoms with Gasteiger partial charge in [0.1, 0.15) is 11.4 Å². The summed E-state index contributed by atoms with van der Waals surface area (Å²) < 4.78 is 5.12. The fraction of sp³-hybridized carbons (Fsp3) is 0.231. The van der Waals surface area contributed by atoms with Gasteiger partial charge in [-0.15, -0.1) is 0 Å². The van der Waals surface area contributed by atoms with Crippen LogP contribution in [0.4, 0.5) is 11.4 Å². The van der Waals surface area contributed by atoms with Gasteiger partial charge in [0.25, 0.3) is 5.69 Å². The lowest BCUT2D eigenvalue weighted by atomic mass is 9.48. The Morgan fingerprint density at radius 1 is 0.939 bits per heavy atom. The molecule has 0 radical (unpaired) electrons. The third kappa shape index (κ3) is 2.29. The summed E-state index contributed by atoms with van der Waals surface area (Å²) in [6, 6.07) is 20.1. The number of hydrogen-bond acceptors (Lipinski definition) is 5. The molecule has 1 heterocycles. The Labute approximate surface area is 189 Å². The Balaban J connectivity index is 1.59. The van der Waals surface area contributed by atoms with E-state index in [1.54, 1.807) is 0 Å². The van der Waals surface area contributed by atoms with Crippen LogP contribution in [0.3, 0.4) is 0 Å². The molecule has 0 aromatic heterocycles. The Morgan fingerprint density at radius 2 is 1.55 bits per heavy atom. The molecule has 1 saturated heterocycles. The molecule has 3 aromatic carbocycles. The van der Waals surface area contributed by atoms with E-state index in [1.165, 1.54) is 25.3 Å². The zero-order chi connectivity index (χ0) is 23.1. The summed E-state index contributed by atoms with van der Waals surface area (Å²) in [5, 5.41) is 11.8. The predicted octanol–water partition coefficient (Wildman–Crippen LogP) is 4.17. The fourth-order valence-electron chi connectivity index (χ4n) is 6.35. The topological polar surface area (TPSA) is 89.8 Å². The van der Waals surface area contributed by atoms with Crippen LogP contribution in [0.5, 0.6) is 5.75 Å². The van der Waals surface area contributed by atoms with E-state index in [0.717, 1.165) is 27.2 Å². The monoisotopic (exact) mass is 440 g/mol. The summed E-state index contributed by atoms with van der Waals surface area (Å²) in [5.41, 5.74) is 3.13. The van der Waals surface area contributed by atoms with Crippen molar-refractivity contribution in [1.29, 1.82) is 0 Å². The minimum atomic E-state index is -0.713. The van der Waals surface area contributed by atoms with Crippen LogP contribution in [0.1, 0.15) is 35.1 Å². The van der Waals surface area contributed by atoms with Crippen molar-refractivity contribution in [1.82, 2.24) is 0 Å². The van der Waals surface area contributed by atoms with E-state index in [2.05, 4.69) is 0 Å². The highest BCUT2D eigenvalue weighted by Crippen LogP contribution is 2.64. The minimum absolute atomic E-state index is 0.0127. The molecule has 0 spiro atoms. The number of rotatable bonds is 3. The van der Waals surface area contributed by atoms with E-state index >= 15 is 0 Å². The second-order valence-electron chi connectivity index (χ2n) is 8.98. The van der Waals surface area contributed by atoms with E-state index in [4.69, 9.17) is 4.74 Å². The minimum Gasteiger partial charge on any atom is -0.496 e. The van der Waals surface area contributed by atoms with Gasteiger partial charge in [-0.05, 0) is 34.4 Å². The Hall–Kier alpha value is -4.00. The number of benzene rings is 3. The van der Waals surface area contributed by atoms with E-state index in [9.17, 15) is 19.7 Å². The summed E-state index contributed by atoms with van der Waals surface area (Å²) in [6.45, 7) is 2.02. The molecule has 2 atom stereocenters. The number of imide groups is 1. The lowest BCUT2D eigenvalue weighted by molar-refractivity contribution is -0.384. The molecule has 0 unspecified atom stereocenters. The standard InChI is InChI=1S/C26H20N2O5/c1-26-17-9-5-3-7-15(17)21(16-8-4-6-10-18(16)26)22-23(26)25(30)27(24(22)29)19-12-11-14(33-2)13-20(19)28(31)32/h3-13,21-23H,1-2H3/t21?,22-,23+,26?/m1/s1. The zero-order valence-corrected chi connectivity index (χ0v) is 18.0. The van der Waals surface area contributed by atoms with Crippen molar-refractivity contribution in [2.45, 2.75) is 18.3 Å². The summed E-state index contributed by atoms with van der Waals surface area (Å²) in [7, 11) is 1.41. The van der Waals surface area contributed by atoms with Gasteiger partial charge in [-0.2, -0.15) is 0 Å². The van der Waals surface area contributed by atoms with E-state index < -0.39 is 34.0 Å². The number of hydrogen-bond donors (Lipinski definition) is 0. The molecule has 7 rings (SSSR count). The first-order valence-electron chi connectivity index (χ1n) is 10.8. The smallest absolute Gasteiger partial charge is 0.297 e. The molecule has 33 heavy (non-hydrogen) atoms. The number of nitro benzene ring substituents is 1. The van der Waals surface area contributed by atoms with Crippen LogP contribution in [0.15, 0.2) is 66.7 Å². The largest absolute Gasteiger partial charge is 0.496 e. The van der Waals surface area contributed by atoms with E-state index in [-0.39, 0.29) is 23.0 Å². The van der Waals surface area contributed by atoms with Crippen molar-refractivity contribution < 1.29 is 19.2 Å². The Morgan fingerprint density at radius 3 is 2.12 bits per heavy atom. The molecule has 4 aliphatic rings. The molecule has 0 N–H and O–H groups in total. The second-order valence-corrected chi connectivity index (χ2v) is 8.98. The van der Waals surface area contributed by atoms with Gasteiger partial charge in [-0.25, -0.2) is 4.90 Å². The molecule has 0 saturated carbocycles. The number of carbonyl (C=O) groups is 2. The third-order valence-corrected chi connectivity index (χ3v) is 7.66. The van der Waals surface area contributed by atoms with Crippen LogP contribution in [0, 0.1) is 22.0 Å². The summed E-state index contributed by atoms with van der Waals surface area (Å²) in [6.07, 6.45) is 0. The number of methoxy groups -OCH3 is 1. The van der Waals surface area contributed by atoms with Crippen molar-refractivity contribution in [3.05, 3.63) is 99.1 Å². The van der Waals surface area contributed by atoms with Crippen LogP contribution >= 0.6 is 0 Å². The van der Waals surface area contributed by atoms with Crippen LogP contribution in [0.2, 0.25) is 0 Å². The van der Waals surface area contributed by atoms with Gasteiger partial charge in [-0.3, -0.25) is 19.7 Å². The number of ether oxygens (including phenoxy) is 1. The number of amides is 2. The van der Waals surface area contributed by atoms with Crippen molar-refractivity contribution in [3.63, 3.8) is 0 Å². The van der Waals surface area contributed by atoms with Crippen LogP contribution in [-0.4, -0.2) is 23.8 Å². The maximum atomic E-state index is 13.9. The number of anilines is 1. The Bertz CT molecular complexity index is 1330. The Kier molecular flexibility index (Phi) is 3.88.